The van der Waals surface area contributed by atoms with E-state index < -0.39 is 17.9 Å². The summed E-state index contributed by atoms with van der Waals surface area (Å²) < 4.78 is 0. The molecule has 10 heteroatoms. The molecule has 0 radical (unpaired) electrons. The molecule has 0 aliphatic rings. The summed E-state index contributed by atoms with van der Waals surface area (Å²) in [5, 5.41) is 16.3. The van der Waals surface area contributed by atoms with Crippen molar-refractivity contribution in [1.29, 1.82) is 5.41 Å². The molecule has 0 saturated carbocycles. The molecule has 1 aromatic carbocycles. The van der Waals surface area contributed by atoms with Crippen molar-refractivity contribution in [2.45, 2.75) is 19.4 Å². The molecule has 2 aromatic rings. The van der Waals surface area contributed by atoms with E-state index in [1.165, 1.54) is 12.4 Å². The number of amides is 2. The molecule has 0 spiro atoms. The van der Waals surface area contributed by atoms with E-state index in [1.807, 2.05) is 12.1 Å². The van der Waals surface area contributed by atoms with Gasteiger partial charge in [-0.25, -0.2) is 9.97 Å². The minimum absolute atomic E-state index is 0.0398. The van der Waals surface area contributed by atoms with Gasteiger partial charge in [0.05, 0.1) is 6.20 Å². The number of primary amides is 2. The van der Waals surface area contributed by atoms with E-state index in [-0.39, 0.29) is 17.3 Å². The number of aromatic nitrogens is 2. The van der Waals surface area contributed by atoms with E-state index in [1.54, 1.807) is 32.3 Å². The van der Waals surface area contributed by atoms with Gasteiger partial charge in [-0.2, -0.15) is 0 Å². The third-order valence-electron chi connectivity index (χ3n) is 4.02. The molecule has 0 aliphatic heterocycles. The molecule has 1 heterocycles. The molecule has 0 bridgehead atoms. The SMILES string of the molecule is CC[C@@H](Nc1cnc(C(N)=O)c(Nc2ccc(/C(C=N)=C/NC)cc2)n1)C(N)=O. The van der Waals surface area contributed by atoms with Crippen molar-refractivity contribution < 1.29 is 9.59 Å². The van der Waals surface area contributed by atoms with Gasteiger partial charge in [0.25, 0.3) is 5.91 Å². The first-order valence-electron chi connectivity index (χ1n) is 8.87. The van der Waals surface area contributed by atoms with Crippen LogP contribution in [-0.2, 0) is 4.79 Å². The van der Waals surface area contributed by atoms with Crippen LogP contribution in [0.1, 0.15) is 29.4 Å². The monoisotopic (exact) mass is 396 g/mol. The summed E-state index contributed by atoms with van der Waals surface area (Å²) in [5.41, 5.74) is 12.9. The summed E-state index contributed by atoms with van der Waals surface area (Å²) in [6.07, 6.45) is 4.74. The Morgan fingerprint density at radius 2 is 1.93 bits per heavy atom. The Balaban J connectivity index is 2.31. The van der Waals surface area contributed by atoms with Crippen LogP contribution in [0, 0.1) is 5.41 Å². The molecular weight excluding hydrogens is 372 g/mol. The lowest BCUT2D eigenvalue weighted by atomic mass is 10.1. The van der Waals surface area contributed by atoms with Gasteiger partial charge < -0.3 is 32.8 Å². The lowest BCUT2D eigenvalue weighted by Crippen LogP contribution is -2.35. The number of carbonyl (C=O) groups excluding carboxylic acids is 2. The highest BCUT2D eigenvalue weighted by molar-refractivity contribution is 6.08. The predicted molar refractivity (Wildman–Crippen MR) is 113 cm³/mol. The van der Waals surface area contributed by atoms with Gasteiger partial charge >= 0.3 is 0 Å². The zero-order valence-corrected chi connectivity index (χ0v) is 16.2. The third kappa shape index (κ3) is 5.51. The summed E-state index contributed by atoms with van der Waals surface area (Å²) in [6, 6.07) is 6.56. The average Bonchev–Trinajstić information content (AvgIpc) is 2.70. The number of nitrogens with zero attached hydrogens (tertiary/aromatic N) is 2. The van der Waals surface area contributed by atoms with Crippen LogP contribution in [0.4, 0.5) is 17.3 Å². The van der Waals surface area contributed by atoms with Gasteiger partial charge in [0, 0.05) is 30.7 Å². The first-order valence-corrected chi connectivity index (χ1v) is 8.87. The molecule has 29 heavy (non-hydrogen) atoms. The number of nitrogens with one attached hydrogen (secondary N) is 4. The van der Waals surface area contributed by atoms with Crippen LogP contribution in [0.2, 0.25) is 0 Å². The van der Waals surface area contributed by atoms with Gasteiger partial charge in [-0.3, -0.25) is 9.59 Å². The van der Waals surface area contributed by atoms with Crippen molar-refractivity contribution in [3.63, 3.8) is 0 Å². The molecule has 0 aliphatic carbocycles. The van der Waals surface area contributed by atoms with Gasteiger partial charge in [-0.15, -0.1) is 0 Å². The van der Waals surface area contributed by atoms with Crippen molar-refractivity contribution in [2.24, 2.45) is 11.5 Å². The Morgan fingerprint density at radius 1 is 1.24 bits per heavy atom. The molecule has 8 N–H and O–H groups in total. The summed E-state index contributed by atoms with van der Waals surface area (Å²) in [7, 11) is 1.76. The molecule has 2 rings (SSSR count). The van der Waals surface area contributed by atoms with Crippen LogP contribution in [0.5, 0.6) is 0 Å². The Kier molecular flexibility index (Phi) is 7.24. The van der Waals surface area contributed by atoms with E-state index in [4.69, 9.17) is 16.9 Å². The number of rotatable bonds is 10. The highest BCUT2D eigenvalue weighted by Gasteiger charge is 2.17. The number of allylic oxidation sites excluding steroid dienone is 1. The standard InChI is InChI=1S/C19H24N8O2/c1-3-14(17(21)28)26-15-10-24-16(18(22)29)19(27-15)25-13-6-4-11(5-7-13)12(8-20)9-23-2/h4-10,14,20,23H,3H2,1-2H3,(H2,21,28)(H2,22,29)(H2,25,26,27)/b12-9+,20-8?/t14-/m1/s1. The summed E-state index contributed by atoms with van der Waals surface area (Å²) in [4.78, 5) is 31.5. The normalized spacial score (nSPS) is 12.0. The summed E-state index contributed by atoms with van der Waals surface area (Å²) in [6.45, 7) is 1.80. The molecule has 1 atom stereocenters. The predicted octanol–water partition coefficient (Wildman–Crippen LogP) is 1.20. The van der Waals surface area contributed by atoms with E-state index in [0.717, 1.165) is 5.56 Å². The quantitative estimate of drug-likeness (QED) is 0.327. The summed E-state index contributed by atoms with van der Waals surface area (Å²) in [5.74, 6) is -0.835. The zero-order chi connectivity index (χ0) is 21.4. The highest BCUT2D eigenvalue weighted by atomic mass is 16.1. The fourth-order valence-electron chi connectivity index (χ4n) is 2.53. The maximum Gasteiger partial charge on any atom is 0.271 e. The molecule has 0 fully saturated rings. The number of carbonyl (C=O) groups is 2. The molecule has 0 unspecified atom stereocenters. The van der Waals surface area contributed by atoms with Crippen molar-refractivity contribution >= 4 is 40.9 Å². The van der Waals surface area contributed by atoms with Crippen molar-refractivity contribution in [1.82, 2.24) is 15.3 Å². The molecule has 152 valence electrons. The number of anilines is 3. The van der Waals surface area contributed by atoms with Gasteiger partial charge in [-0.05, 0) is 24.1 Å². The second-order valence-corrected chi connectivity index (χ2v) is 6.06. The van der Waals surface area contributed by atoms with Crippen LogP contribution < -0.4 is 27.4 Å². The Hall–Kier alpha value is -3.95. The Labute approximate surface area is 168 Å². The first kappa shape index (κ1) is 21.4. The maximum absolute atomic E-state index is 11.7. The maximum atomic E-state index is 11.7. The van der Waals surface area contributed by atoms with Crippen molar-refractivity contribution in [2.75, 3.05) is 17.7 Å². The minimum Gasteiger partial charge on any atom is -0.393 e. The van der Waals surface area contributed by atoms with Crippen molar-refractivity contribution in [3.05, 3.63) is 47.9 Å². The van der Waals surface area contributed by atoms with E-state index in [0.29, 0.717) is 17.7 Å². The second kappa shape index (κ2) is 9.83. The molecule has 10 nitrogen and oxygen atoms in total. The molecule has 2 amide bonds. The highest BCUT2D eigenvalue weighted by Crippen LogP contribution is 2.22. The summed E-state index contributed by atoms with van der Waals surface area (Å²) >= 11 is 0. The Morgan fingerprint density at radius 3 is 2.45 bits per heavy atom. The molecule has 0 saturated heterocycles. The number of nitrogens with two attached hydrogens (primary N) is 2. The van der Waals surface area contributed by atoms with Crippen LogP contribution >= 0.6 is 0 Å². The van der Waals surface area contributed by atoms with E-state index in [9.17, 15) is 9.59 Å². The number of hydrogen-bond acceptors (Lipinski definition) is 8. The fraction of sp³-hybridized carbons (Fsp3) is 0.211. The third-order valence-corrected chi connectivity index (χ3v) is 4.02. The molecular formula is C19H24N8O2. The smallest absolute Gasteiger partial charge is 0.271 e. The lowest BCUT2D eigenvalue weighted by Gasteiger charge is -2.16. The topological polar surface area (TPSA) is 172 Å². The minimum atomic E-state index is -0.742. The zero-order valence-electron chi connectivity index (χ0n) is 16.2. The lowest BCUT2D eigenvalue weighted by molar-refractivity contribution is -0.118. The van der Waals surface area contributed by atoms with Gasteiger partial charge in [0.15, 0.2) is 11.5 Å². The fourth-order valence-corrected chi connectivity index (χ4v) is 2.53. The van der Waals surface area contributed by atoms with Crippen LogP contribution in [0.3, 0.4) is 0 Å². The first-order chi connectivity index (χ1) is 13.9. The second-order valence-electron chi connectivity index (χ2n) is 6.06. The number of benzene rings is 1. The largest absolute Gasteiger partial charge is 0.393 e. The van der Waals surface area contributed by atoms with Crippen LogP contribution in [0.15, 0.2) is 36.7 Å². The van der Waals surface area contributed by atoms with Crippen LogP contribution in [0.25, 0.3) is 5.57 Å². The number of hydrogen-bond donors (Lipinski definition) is 6. The van der Waals surface area contributed by atoms with E-state index in [2.05, 4.69) is 25.9 Å². The van der Waals surface area contributed by atoms with Gasteiger partial charge in [-0.1, -0.05) is 19.1 Å². The van der Waals surface area contributed by atoms with Gasteiger partial charge in [0.2, 0.25) is 5.91 Å². The van der Waals surface area contributed by atoms with Crippen LogP contribution in [-0.4, -0.2) is 41.1 Å². The van der Waals surface area contributed by atoms with Gasteiger partial charge in [0.1, 0.15) is 11.9 Å². The average molecular weight is 396 g/mol. The van der Waals surface area contributed by atoms with Crippen molar-refractivity contribution in [3.8, 4) is 0 Å². The van der Waals surface area contributed by atoms with E-state index >= 15 is 0 Å². The Bertz CT molecular complexity index is 924. The molecule has 1 aromatic heterocycles.